The molecule has 0 aliphatic carbocycles. The number of imidazole rings is 1. The Bertz CT molecular complexity index is 1260. The van der Waals surface area contributed by atoms with Gasteiger partial charge in [0.15, 0.2) is 0 Å². The first-order valence-electron chi connectivity index (χ1n) is 10.4. The molecule has 5 N–H and O–H groups in total. The maximum absolute atomic E-state index is 12.4. The predicted octanol–water partition coefficient (Wildman–Crippen LogP) is 0.267. The predicted molar refractivity (Wildman–Crippen MR) is 126 cm³/mol. The average molecular weight is 463 g/mol. The maximum atomic E-state index is 12.4. The van der Waals surface area contributed by atoms with E-state index in [1.54, 1.807) is 41.0 Å². The molecule has 0 unspecified atom stereocenters. The zero-order valence-corrected chi connectivity index (χ0v) is 19.0. The molecule has 2 aromatic rings. The minimum Gasteiger partial charge on any atom is -0.503 e. The summed E-state index contributed by atoms with van der Waals surface area (Å²) in [5.74, 6) is 10.9. The van der Waals surface area contributed by atoms with Crippen molar-refractivity contribution in [3.63, 3.8) is 0 Å². The molecule has 0 radical (unpaired) electrons. The van der Waals surface area contributed by atoms with Gasteiger partial charge < -0.3 is 20.8 Å². The number of carbonyl (C=O) groups is 2. The molecule has 0 aromatic carbocycles. The van der Waals surface area contributed by atoms with Crippen molar-refractivity contribution in [3.05, 3.63) is 66.2 Å². The van der Waals surface area contributed by atoms with E-state index in [0.29, 0.717) is 36.6 Å². The van der Waals surface area contributed by atoms with Crippen molar-refractivity contribution in [1.82, 2.24) is 24.7 Å². The van der Waals surface area contributed by atoms with Crippen LogP contribution >= 0.6 is 0 Å². The van der Waals surface area contributed by atoms with Gasteiger partial charge in [-0.3, -0.25) is 19.0 Å². The van der Waals surface area contributed by atoms with Gasteiger partial charge in [0.2, 0.25) is 11.7 Å². The standard InChI is InChI=1S/C23H26N8O3/c1-4-20(32)31-13-15(11-17(31)14-34-3)12-19(26-2)21(22(24)33)18(29-25)6-5-16-7-9-30-10-8-27-23(30)28-16/h4,7-10,14-15,29H,1,11-13,25H2,2-3H3,(H2,24,33)/b17-14+,21-18?,26-19?/t15-/m1/s1. The molecule has 1 fully saturated rings. The Morgan fingerprint density at radius 2 is 2.24 bits per heavy atom. The highest BCUT2D eigenvalue weighted by Gasteiger charge is 2.32. The molecular formula is C23H26N8O3. The number of aliphatic imine (C=N–C) groups is 1. The van der Waals surface area contributed by atoms with Crippen LogP contribution in [0.4, 0.5) is 0 Å². The summed E-state index contributed by atoms with van der Waals surface area (Å²) >= 11 is 0. The number of allylic oxidation sites excluding steroid dienone is 2. The molecule has 1 saturated heterocycles. The number of carbonyl (C=O) groups excluding carboxylic acids is 2. The van der Waals surface area contributed by atoms with Crippen molar-refractivity contribution in [2.45, 2.75) is 12.8 Å². The average Bonchev–Trinajstić information content (AvgIpc) is 3.46. The highest BCUT2D eigenvalue weighted by atomic mass is 16.5. The van der Waals surface area contributed by atoms with Crippen molar-refractivity contribution in [1.29, 1.82) is 0 Å². The van der Waals surface area contributed by atoms with Crippen LogP contribution in [0.2, 0.25) is 0 Å². The molecule has 11 heteroatoms. The van der Waals surface area contributed by atoms with Crippen LogP contribution in [0.15, 0.2) is 65.5 Å². The molecule has 1 aliphatic heterocycles. The van der Waals surface area contributed by atoms with Crippen LogP contribution in [-0.4, -0.2) is 57.5 Å². The summed E-state index contributed by atoms with van der Waals surface area (Å²) in [6.07, 6.45) is 8.84. The topological polar surface area (TPSA) is 153 Å². The fraction of sp³-hybridized carbons (Fsp3) is 0.261. The molecule has 1 aliphatic rings. The van der Waals surface area contributed by atoms with Crippen molar-refractivity contribution in [2.24, 2.45) is 22.5 Å². The number of rotatable bonds is 7. The smallest absolute Gasteiger partial charge is 0.253 e. The minimum absolute atomic E-state index is 0.0325. The summed E-state index contributed by atoms with van der Waals surface area (Å²) in [6.45, 7) is 3.96. The third kappa shape index (κ3) is 5.31. The number of amides is 2. The van der Waals surface area contributed by atoms with Gasteiger partial charge in [-0.1, -0.05) is 6.58 Å². The number of methoxy groups -OCH3 is 1. The molecule has 0 saturated carbocycles. The molecule has 2 amide bonds. The van der Waals surface area contributed by atoms with Crippen LogP contribution in [0.1, 0.15) is 18.5 Å². The van der Waals surface area contributed by atoms with Crippen LogP contribution in [0, 0.1) is 17.8 Å². The normalized spacial score (nSPS) is 17.7. The molecule has 0 spiro atoms. The number of primary amides is 1. The summed E-state index contributed by atoms with van der Waals surface area (Å²) < 4.78 is 6.85. The molecule has 34 heavy (non-hydrogen) atoms. The van der Waals surface area contributed by atoms with E-state index in [-0.39, 0.29) is 23.1 Å². The van der Waals surface area contributed by atoms with E-state index in [0.717, 1.165) is 5.70 Å². The molecule has 3 heterocycles. The Balaban J connectivity index is 1.91. The van der Waals surface area contributed by atoms with E-state index in [9.17, 15) is 9.59 Å². The van der Waals surface area contributed by atoms with Gasteiger partial charge in [0.05, 0.1) is 24.1 Å². The fourth-order valence-corrected chi connectivity index (χ4v) is 3.73. The number of fused-ring (bicyclic) bond motifs is 1. The number of ether oxygens (including phenoxy) is 1. The first kappa shape index (κ1) is 24.2. The number of nitrogens with two attached hydrogens (primary N) is 2. The second-order valence-corrected chi connectivity index (χ2v) is 7.40. The van der Waals surface area contributed by atoms with E-state index in [4.69, 9.17) is 16.3 Å². The first-order valence-corrected chi connectivity index (χ1v) is 10.4. The van der Waals surface area contributed by atoms with Crippen molar-refractivity contribution in [3.8, 4) is 11.8 Å². The SMILES string of the molecule is C=CC(=O)N1C[C@@H](CC(=NC)C(C(N)=O)=C(C#Cc2ccn3ccnc3n2)NN)C/C1=C\OC. The van der Waals surface area contributed by atoms with Gasteiger partial charge in [-0.25, -0.2) is 15.8 Å². The molecule has 1 atom stereocenters. The lowest BCUT2D eigenvalue weighted by molar-refractivity contribution is -0.123. The summed E-state index contributed by atoms with van der Waals surface area (Å²) in [4.78, 5) is 38.9. The fourth-order valence-electron chi connectivity index (χ4n) is 3.73. The van der Waals surface area contributed by atoms with Gasteiger partial charge >= 0.3 is 0 Å². The lowest BCUT2D eigenvalue weighted by Gasteiger charge is -2.16. The van der Waals surface area contributed by atoms with Crippen LogP contribution in [0.3, 0.4) is 0 Å². The molecule has 2 aromatic heterocycles. The van der Waals surface area contributed by atoms with E-state index in [2.05, 4.69) is 38.8 Å². The quantitative estimate of drug-likeness (QED) is 0.133. The van der Waals surface area contributed by atoms with Crippen LogP contribution in [0.5, 0.6) is 0 Å². The zero-order valence-electron chi connectivity index (χ0n) is 19.0. The van der Waals surface area contributed by atoms with Crippen LogP contribution in [-0.2, 0) is 14.3 Å². The number of nitrogens with one attached hydrogen (secondary N) is 1. The monoisotopic (exact) mass is 462 g/mol. The molecule has 0 bridgehead atoms. The number of nitrogens with zero attached hydrogens (tertiary/aromatic N) is 5. The molecule has 3 rings (SSSR count). The summed E-state index contributed by atoms with van der Waals surface area (Å²) in [6, 6.07) is 1.71. The number of hydrogen-bond acceptors (Lipinski definition) is 8. The van der Waals surface area contributed by atoms with E-state index in [1.165, 1.54) is 19.4 Å². The highest BCUT2D eigenvalue weighted by Crippen LogP contribution is 2.30. The van der Waals surface area contributed by atoms with Gasteiger partial charge in [0, 0.05) is 32.2 Å². The largest absolute Gasteiger partial charge is 0.503 e. The second kappa shape index (κ2) is 10.9. The van der Waals surface area contributed by atoms with Gasteiger partial charge in [0.1, 0.15) is 17.7 Å². The number of likely N-dealkylation sites (tertiary alicyclic amines) is 1. The number of hydrogen-bond donors (Lipinski definition) is 3. The lowest BCUT2D eigenvalue weighted by atomic mass is 9.94. The summed E-state index contributed by atoms with van der Waals surface area (Å²) in [7, 11) is 3.07. The molecule has 176 valence electrons. The highest BCUT2D eigenvalue weighted by molar-refractivity contribution is 6.22. The van der Waals surface area contributed by atoms with Gasteiger partial charge in [0.25, 0.3) is 5.91 Å². The zero-order chi connectivity index (χ0) is 24.7. The maximum Gasteiger partial charge on any atom is 0.253 e. The van der Waals surface area contributed by atoms with Gasteiger partial charge in [-0.05, 0) is 42.7 Å². The van der Waals surface area contributed by atoms with Gasteiger partial charge in [-0.2, -0.15) is 0 Å². The Labute approximate surface area is 196 Å². The number of aromatic nitrogens is 3. The van der Waals surface area contributed by atoms with Crippen LogP contribution < -0.4 is 17.0 Å². The third-order valence-corrected chi connectivity index (χ3v) is 5.24. The van der Waals surface area contributed by atoms with Crippen molar-refractivity contribution in [2.75, 3.05) is 20.7 Å². The summed E-state index contributed by atoms with van der Waals surface area (Å²) in [5.41, 5.74) is 9.91. The minimum atomic E-state index is -0.732. The lowest BCUT2D eigenvalue weighted by Crippen LogP contribution is -2.31. The number of hydrazine groups is 1. The van der Waals surface area contributed by atoms with Crippen molar-refractivity contribution < 1.29 is 14.3 Å². The Kier molecular flexibility index (Phi) is 7.79. The molecule has 11 nitrogen and oxygen atoms in total. The summed E-state index contributed by atoms with van der Waals surface area (Å²) in [5, 5.41) is 0. The van der Waals surface area contributed by atoms with E-state index >= 15 is 0 Å². The van der Waals surface area contributed by atoms with Crippen LogP contribution in [0.25, 0.3) is 5.78 Å². The Morgan fingerprint density at radius 1 is 1.44 bits per heavy atom. The van der Waals surface area contributed by atoms with Crippen molar-refractivity contribution >= 4 is 23.3 Å². The van der Waals surface area contributed by atoms with Gasteiger partial charge in [-0.15, -0.1) is 0 Å². The third-order valence-electron chi connectivity index (χ3n) is 5.24. The molecular weight excluding hydrogens is 436 g/mol. The van der Waals surface area contributed by atoms with E-state index < -0.39 is 5.91 Å². The Hall–Kier alpha value is -4.43. The first-order chi connectivity index (χ1) is 16.4. The van der Waals surface area contributed by atoms with E-state index in [1.807, 2.05) is 0 Å². The second-order valence-electron chi connectivity index (χ2n) is 7.40. The Morgan fingerprint density at radius 3 is 2.88 bits per heavy atom.